The molecular formula is C18H24ClNO3. The topological polar surface area (TPSA) is 46.6 Å². The van der Waals surface area contributed by atoms with Crippen molar-refractivity contribution in [2.45, 2.75) is 32.6 Å². The molecule has 0 saturated carbocycles. The van der Waals surface area contributed by atoms with E-state index in [4.69, 9.17) is 11.6 Å². The van der Waals surface area contributed by atoms with Crippen molar-refractivity contribution in [2.24, 2.45) is 0 Å². The largest absolute Gasteiger partial charge is 0.469 e. The molecule has 0 aliphatic carbocycles. The molecule has 0 aromatic heterocycles. The van der Waals surface area contributed by atoms with Crippen molar-refractivity contribution < 1.29 is 14.3 Å². The standard InChI is InChI=1S/C18H24ClNO3/c1-3-4-5-13-20(14-12-18(22)23-2)17(21)11-8-15-6-9-16(19)10-7-15/h6-11H,3-5,12-14H2,1-2H3/b11-8+. The summed E-state index contributed by atoms with van der Waals surface area (Å²) in [6.07, 6.45) is 6.57. The fourth-order valence-corrected chi connectivity index (χ4v) is 2.19. The van der Waals surface area contributed by atoms with Crippen LogP contribution in [0, 0.1) is 0 Å². The van der Waals surface area contributed by atoms with E-state index in [2.05, 4.69) is 11.7 Å². The van der Waals surface area contributed by atoms with Crippen molar-refractivity contribution in [2.75, 3.05) is 20.2 Å². The molecule has 0 fully saturated rings. The summed E-state index contributed by atoms with van der Waals surface area (Å²) in [5.41, 5.74) is 0.907. The summed E-state index contributed by atoms with van der Waals surface area (Å²) in [6.45, 7) is 3.13. The first-order valence-corrected chi connectivity index (χ1v) is 8.24. The lowest BCUT2D eigenvalue weighted by molar-refractivity contribution is -0.141. The SMILES string of the molecule is CCCCCN(CCC(=O)OC)C(=O)/C=C/c1ccc(Cl)cc1. The Morgan fingerprint density at radius 3 is 2.48 bits per heavy atom. The van der Waals surface area contributed by atoms with Gasteiger partial charge in [0.15, 0.2) is 0 Å². The van der Waals surface area contributed by atoms with Gasteiger partial charge in [0.25, 0.3) is 0 Å². The van der Waals surface area contributed by atoms with E-state index in [-0.39, 0.29) is 18.3 Å². The van der Waals surface area contributed by atoms with Crippen LogP contribution in [0.3, 0.4) is 0 Å². The summed E-state index contributed by atoms with van der Waals surface area (Å²) in [7, 11) is 1.35. The molecule has 1 amide bonds. The number of rotatable bonds is 9. The molecule has 1 aromatic rings. The number of esters is 1. The number of unbranched alkanes of at least 4 members (excludes halogenated alkanes) is 2. The Morgan fingerprint density at radius 2 is 1.87 bits per heavy atom. The first-order valence-electron chi connectivity index (χ1n) is 7.86. The van der Waals surface area contributed by atoms with E-state index in [1.165, 1.54) is 13.2 Å². The second kappa shape index (κ2) is 10.8. The molecule has 0 atom stereocenters. The zero-order chi connectivity index (χ0) is 17.1. The van der Waals surface area contributed by atoms with Crippen LogP contribution in [0.25, 0.3) is 6.08 Å². The molecule has 0 saturated heterocycles. The van der Waals surface area contributed by atoms with Crippen LogP contribution in [0.4, 0.5) is 0 Å². The molecule has 4 nitrogen and oxygen atoms in total. The minimum atomic E-state index is -0.306. The Bertz CT molecular complexity index is 526. The number of nitrogens with zero attached hydrogens (tertiary/aromatic N) is 1. The van der Waals surface area contributed by atoms with Crippen LogP contribution >= 0.6 is 11.6 Å². The number of hydrogen-bond acceptors (Lipinski definition) is 3. The molecule has 1 rings (SSSR count). The molecule has 0 heterocycles. The molecule has 0 aliphatic rings. The highest BCUT2D eigenvalue weighted by Gasteiger charge is 2.12. The summed E-state index contributed by atoms with van der Waals surface area (Å²) in [5, 5.41) is 0.660. The van der Waals surface area contributed by atoms with E-state index in [9.17, 15) is 9.59 Å². The number of amides is 1. The van der Waals surface area contributed by atoms with E-state index in [0.29, 0.717) is 18.1 Å². The number of ether oxygens (including phenoxy) is 1. The van der Waals surface area contributed by atoms with Gasteiger partial charge in [-0.15, -0.1) is 0 Å². The van der Waals surface area contributed by atoms with Crippen molar-refractivity contribution in [3.63, 3.8) is 0 Å². The molecule has 0 bridgehead atoms. The van der Waals surface area contributed by atoms with Crippen molar-refractivity contribution in [3.8, 4) is 0 Å². The Kier molecular flexibility index (Phi) is 9.07. The van der Waals surface area contributed by atoms with Crippen LogP contribution in [0.1, 0.15) is 38.2 Å². The first-order chi connectivity index (χ1) is 11.1. The van der Waals surface area contributed by atoms with Gasteiger partial charge in [-0.2, -0.15) is 0 Å². The summed E-state index contributed by atoms with van der Waals surface area (Å²) in [5.74, 6) is -0.403. The van der Waals surface area contributed by atoms with Gasteiger partial charge in [-0.1, -0.05) is 43.5 Å². The summed E-state index contributed by atoms with van der Waals surface area (Å²) >= 11 is 5.84. The molecule has 0 unspecified atom stereocenters. The van der Waals surface area contributed by atoms with Gasteiger partial charge in [-0.3, -0.25) is 9.59 Å². The Balaban J connectivity index is 2.64. The third-order valence-corrected chi connectivity index (χ3v) is 3.70. The monoisotopic (exact) mass is 337 g/mol. The van der Waals surface area contributed by atoms with E-state index in [1.807, 2.05) is 12.1 Å². The highest BCUT2D eigenvalue weighted by atomic mass is 35.5. The molecular weight excluding hydrogens is 314 g/mol. The Hall–Kier alpha value is -1.81. The highest BCUT2D eigenvalue weighted by Crippen LogP contribution is 2.11. The lowest BCUT2D eigenvalue weighted by Crippen LogP contribution is -2.32. The Morgan fingerprint density at radius 1 is 1.17 bits per heavy atom. The van der Waals surface area contributed by atoms with Crippen LogP contribution in [0.5, 0.6) is 0 Å². The highest BCUT2D eigenvalue weighted by molar-refractivity contribution is 6.30. The van der Waals surface area contributed by atoms with Crippen LogP contribution in [0.15, 0.2) is 30.3 Å². The average Bonchev–Trinajstić information content (AvgIpc) is 2.56. The fraction of sp³-hybridized carbons (Fsp3) is 0.444. The van der Waals surface area contributed by atoms with Crippen LogP contribution in [-0.4, -0.2) is 37.0 Å². The van der Waals surface area contributed by atoms with Gasteiger partial charge in [0, 0.05) is 24.2 Å². The maximum absolute atomic E-state index is 12.3. The van der Waals surface area contributed by atoms with E-state index in [0.717, 1.165) is 24.8 Å². The normalized spacial score (nSPS) is 10.7. The van der Waals surface area contributed by atoms with Crippen LogP contribution in [-0.2, 0) is 14.3 Å². The smallest absolute Gasteiger partial charge is 0.307 e. The zero-order valence-corrected chi connectivity index (χ0v) is 14.5. The van der Waals surface area contributed by atoms with Gasteiger partial charge in [-0.05, 0) is 30.2 Å². The molecule has 5 heteroatoms. The lowest BCUT2D eigenvalue weighted by atomic mass is 10.2. The average molecular weight is 338 g/mol. The number of hydrogen-bond donors (Lipinski definition) is 0. The molecule has 0 aliphatic heterocycles. The van der Waals surface area contributed by atoms with Crippen molar-refractivity contribution >= 4 is 29.6 Å². The summed E-state index contributed by atoms with van der Waals surface area (Å²) in [6, 6.07) is 7.26. The first kappa shape index (κ1) is 19.2. The number of halogens is 1. The van der Waals surface area contributed by atoms with Gasteiger partial charge < -0.3 is 9.64 Å². The number of methoxy groups -OCH3 is 1. The van der Waals surface area contributed by atoms with Crippen molar-refractivity contribution in [1.29, 1.82) is 0 Å². The number of carbonyl (C=O) groups is 2. The van der Waals surface area contributed by atoms with E-state index < -0.39 is 0 Å². The predicted octanol–water partition coefficient (Wildman–Crippen LogP) is 3.94. The fourth-order valence-electron chi connectivity index (χ4n) is 2.06. The van der Waals surface area contributed by atoms with E-state index in [1.54, 1.807) is 23.1 Å². The molecule has 0 spiro atoms. The predicted molar refractivity (Wildman–Crippen MR) is 93.2 cm³/mol. The maximum Gasteiger partial charge on any atom is 0.307 e. The minimum Gasteiger partial charge on any atom is -0.469 e. The van der Waals surface area contributed by atoms with Crippen LogP contribution in [0.2, 0.25) is 5.02 Å². The third-order valence-electron chi connectivity index (χ3n) is 3.45. The molecule has 23 heavy (non-hydrogen) atoms. The maximum atomic E-state index is 12.3. The second-order valence-electron chi connectivity index (χ2n) is 5.24. The van der Waals surface area contributed by atoms with Crippen molar-refractivity contribution in [3.05, 3.63) is 40.9 Å². The molecule has 1 aromatic carbocycles. The van der Waals surface area contributed by atoms with Gasteiger partial charge in [-0.25, -0.2) is 0 Å². The van der Waals surface area contributed by atoms with Gasteiger partial charge in [0.1, 0.15) is 0 Å². The third kappa shape index (κ3) is 7.84. The summed E-state index contributed by atoms with van der Waals surface area (Å²) < 4.78 is 4.64. The van der Waals surface area contributed by atoms with Gasteiger partial charge in [0.05, 0.1) is 13.5 Å². The Labute approximate surface area is 143 Å². The zero-order valence-electron chi connectivity index (χ0n) is 13.8. The quantitative estimate of drug-likeness (QED) is 0.389. The molecule has 0 radical (unpaired) electrons. The summed E-state index contributed by atoms with van der Waals surface area (Å²) in [4.78, 5) is 25.3. The lowest BCUT2D eigenvalue weighted by Gasteiger charge is -2.20. The van der Waals surface area contributed by atoms with Gasteiger partial charge in [0.2, 0.25) is 5.91 Å². The van der Waals surface area contributed by atoms with E-state index >= 15 is 0 Å². The van der Waals surface area contributed by atoms with Gasteiger partial charge >= 0.3 is 5.97 Å². The second-order valence-corrected chi connectivity index (χ2v) is 5.68. The van der Waals surface area contributed by atoms with Crippen LogP contribution < -0.4 is 0 Å². The molecule has 126 valence electrons. The van der Waals surface area contributed by atoms with Crippen molar-refractivity contribution in [1.82, 2.24) is 4.90 Å². The number of benzene rings is 1. The minimum absolute atomic E-state index is 0.0973. The molecule has 0 N–H and O–H groups in total. The number of carbonyl (C=O) groups excluding carboxylic acids is 2.